The summed E-state index contributed by atoms with van der Waals surface area (Å²) in [6.07, 6.45) is 7.13. The molecule has 0 aromatic carbocycles. The summed E-state index contributed by atoms with van der Waals surface area (Å²) in [7, 11) is 1.55. The minimum atomic E-state index is -1.71. The molecule has 39 heavy (non-hydrogen) atoms. The van der Waals surface area contributed by atoms with Crippen LogP contribution >= 0.6 is 0 Å². The van der Waals surface area contributed by atoms with E-state index in [-0.39, 0.29) is 47.8 Å². The van der Waals surface area contributed by atoms with E-state index in [0.717, 1.165) is 0 Å². The molecule has 200 valence electrons. The molecule has 0 spiro atoms. The van der Waals surface area contributed by atoms with Crippen LogP contribution in [-0.2, 0) is 21.7 Å². The number of nitrogens with one attached hydrogen (secondary N) is 2. The number of urea groups is 1. The van der Waals surface area contributed by atoms with Gasteiger partial charge in [0.25, 0.3) is 0 Å². The number of cyclic esters (lactones) is 1. The van der Waals surface area contributed by atoms with E-state index < -0.39 is 23.8 Å². The Bertz CT molecular complexity index is 1430. The van der Waals surface area contributed by atoms with Gasteiger partial charge in [-0.3, -0.25) is 19.9 Å². The van der Waals surface area contributed by atoms with Crippen molar-refractivity contribution in [3.05, 3.63) is 65.3 Å². The molecule has 1 saturated carbocycles. The SMILES string of the molecule is COCCNc1cc(NC(=O)N2c3nc(C=O)c(CN4C=CC=COC4=O)cc3C3(F)CC2C3)ncc1C#N. The van der Waals surface area contributed by atoms with E-state index in [0.29, 0.717) is 30.7 Å². The van der Waals surface area contributed by atoms with E-state index in [2.05, 4.69) is 20.6 Å². The molecule has 6 rings (SSSR count). The van der Waals surface area contributed by atoms with Crippen molar-refractivity contribution in [2.75, 3.05) is 35.8 Å². The van der Waals surface area contributed by atoms with Crippen LogP contribution in [0.2, 0.25) is 0 Å². The van der Waals surface area contributed by atoms with Crippen molar-refractivity contribution in [2.45, 2.75) is 31.1 Å². The first kappa shape index (κ1) is 25.8. The van der Waals surface area contributed by atoms with E-state index in [1.54, 1.807) is 13.2 Å². The Morgan fingerprint density at radius 1 is 1.38 bits per heavy atom. The molecule has 2 aromatic rings. The molecule has 12 nitrogen and oxygen atoms in total. The van der Waals surface area contributed by atoms with Crippen LogP contribution in [-0.4, -0.2) is 59.6 Å². The fourth-order valence-electron chi connectivity index (χ4n) is 4.77. The number of aromatic nitrogens is 2. The monoisotopic (exact) mass is 533 g/mol. The molecular formula is C26H24FN7O5. The van der Waals surface area contributed by atoms with Crippen LogP contribution in [0.1, 0.15) is 40.0 Å². The molecule has 2 bridgehead atoms. The Kier molecular flexibility index (Phi) is 6.95. The lowest BCUT2D eigenvalue weighted by Crippen LogP contribution is -2.60. The second-order valence-corrected chi connectivity index (χ2v) is 9.18. The van der Waals surface area contributed by atoms with Gasteiger partial charge in [0.05, 0.1) is 30.7 Å². The fraction of sp³-hybridized carbons (Fsp3) is 0.308. The second-order valence-electron chi connectivity index (χ2n) is 9.18. The third-order valence-electron chi connectivity index (χ3n) is 6.72. The number of pyridine rings is 2. The predicted molar refractivity (Wildman–Crippen MR) is 137 cm³/mol. The zero-order valence-corrected chi connectivity index (χ0v) is 20.9. The van der Waals surface area contributed by atoms with Crippen molar-refractivity contribution in [3.63, 3.8) is 0 Å². The lowest BCUT2D eigenvalue weighted by molar-refractivity contribution is 0.0282. The number of carbonyl (C=O) groups excluding carboxylic acids is 3. The van der Waals surface area contributed by atoms with Gasteiger partial charge in [-0.2, -0.15) is 5.26 Å². The number of hydrogen-bond acceptors (Lipinski definition) is 9. The molecule has 0 unspecified atom stereocenters. The van der Waals surface area contributed by atoms with E-state index in [1.165, 1.54) is 46.7 Å². The Morgan fingerprint density at radius 2 is 2.21 bits per heavy atom. The highest BCUT2D eigenvalue weighted by atomic mass is 19.1. The molecule has 1 fully saturated rings. The van der Waals surface area contributed by atoms with Crippen LogP contribution in [0.15, 0.2) is 42.9 Å². The first-order valence-corrected chi connectivity index (χ1v) is 12.1. The minimum Gasteiger partial charge on any atom is -0.418 e. The summed E-state index contributed by atoms with van der Waals surface area (Å²) in [6.45, 7) is 0.765. The fourth-order valence-corrected chi connectivity index (χ4v) is 4.77. The molecule has 0 saturated heterocycles. The molecule has 2 aromatic heterocycles. The molecule has 5 heterocycles. The maximum Gasteiger partial charge on any atom is 0.418 e. The molecule has 1 aliphatic carbocycles. The van der Waals surface area contributed by atoms with Crippen LogP contribution in [0.3, 0.4) is 0 Å². The number of ether oxygens (including phenoxy) is 2. The van der Waals surface area contributed by atoms with Crippen LogP contribution in [0.5, 0.6) is 0 Å². The summed E-state index contributed by atoms with van der Waals surface area (Å²) in [4.78, 5) is 48.6. The molecule has 13 heteroatoms. The lowest BCUT2D eigenvalue weighted by atomic mass is 9.68. The zero-order valence-electron chi connectivity index (χ0n) is 20.9. The molecule has 0 radical (unpaired) electrons. The van der Waals surface area contributed by atoms with Crippen molar-refractivity contribution in [1.29, 1.82) is 5.26 Å². The number of anilines is 3. The summed E-state index contributed by atoms with van der Waals surface area (Å²) < 4.78 is 25.7. The van der Waals surface area contributed by atoms with Gasteiger partial charge in [-0.05, 0) is 18.2 Å². The zero-order chi connectivity index (χ0) is 27.6. The van der Waals surface area contributed by atoms with Crippen LogP contribution in [0, 0.1) is 11.3 Å². The minimum absolute atomic E-state index is 0.0315. The van der Waals surface area contributed by atoms with Gasteiger partial charge in [0.2, 0.25) is 0 Å². The molecule has 0 atom stereocenters. The van der Waals surface area contributed by atoms with Crippen molar-refractivity contribution in [2.24, 2.45) is 0 Å². The number of carbonyl (C=O) groups is 3. The first-order chi connectivity index (χ1) is 18.9. The maximum atomic E-state index is 15.7. The number of hydrogen-bond donors (Lipinski definition) is 2. The predicted octanol–water partition coefficient (Wildman–Crippen LogP) is 3.58. The Balaban J connectivity index is 1.43. The van der Waals surface area contributed by atoms with Crippen LogP contribution in [0.25, 0.3) is 0 Å². The van der Waals surface area contributed by atoms with Gasteiger partial charge in [-0.1, -0.05) is 0 Å². The smallest absolute Gasteiger partial charge is 0.418 e. The third kappa shape index (κ3) is 4.89. The first-order valence-electron chi connectivity index (χ1n) is 12.1. The average molecular weight is 534 g/mol. The highest BCUT2D eigenvalue weighted by molar-refractivity contribution is 6.03. The quantitative estimate of drug-likeness (QED) is 0.383. The number of alkyl halides is 1. The third-order valence-corrected chi connectivity index (χ3v) is 6.72. The van der Waals surface area contributed by atoms with E-state index >= 15 is 4.39 Å². The Morgan fingerprint density at radius 3 is 2.95 bits per heavy atom. The van der Waals surface area contributed by atoms with Crippen LogP contribution < -0.4 is 15.5 Å². The van der Waals surface area contributed by atoms with Gasteiger partial charge in [-0.15, -0.1) is 0 Å². The van der Waals surface area contributed by atoms with Crippen molar-refractivity contribution in [1.82, 2.24) is 14.9 Å². The molecule has 3 aliphatic heterocycles. The Labute approximate surface area is 222 Å². The standard InChI is InChI=1S/C26H24FN7O5/c1-38-7-4-29-20-9-22(30-13-17(20)12-28)32-24(36)34-18-10-26(27,11-18)19-8-16(21(15-35)31-23(19)34)14-33-5-2-3-6-39-25(33)37/h2-3,5-6,8-9,13,15,18H,4,7,10-11,14H2,1H3,(H2,29,30,32,36). The number of rotatable bonds is 8. The molecule has 2 N–H and O–H groups in total. The number of nitriles is 1. The summed E-state index contributed by atoms with van der Waals surface area (Å²) in [5.74, 6) is 0.204. The van der Waals surface area contributed by atoms with Gasteiger partial charge >= 0.3 is 12.1 Å². The van der Waals surface area contributed by atoms with Crippen LogP contribution in [0.4, 0.5) is 31.3 Å². The Hall–Kier alpha value is -4.83. The largest absolute Gasteiger partial charge is 0.418 e. The summed E-state index contributed by atoms with van der Waals surface area (Å²) in [5, 5.41) is 15.1. The number of methoxy groups -OCH3 is 1. The highest BCUT2D eigenvalue weighted by Gasteiger charge is 2.57. The molecule has 3 amide bonds. The maximum absolute atomic E-state index is 15.7. The number of aldehydes is 1. The molecular weight excluding hydrogens is 509 g/mol. The summed E-state index contributed by atoms with van der Waals surface area (Å²) >= 11 is 0. The number of halogens is 1. The van der Waals surface area contributed by atoms with E-state index in [4.69, 9.17) is 9.47 Å². The van der Waals surface area contributed by atoms with Gasteiger partial charge in [-0.25, -0.2) is 23.9 Å². The van der Waals surface area contributed by atoms with Crippen molar-refractivity contribution in [3.8, 4) is 6.07 Å². The lowest BCUT2D eigenvalue weighted by Gasteiger charge is -2.52. The van der Waals surface area contributed by atoms with Gasteiger partial charge < -0.3 is 14.8 Å². The second kappa shape index (κ2) is 10.5. The topological polar surface area (TPSA) is 150 Å². The van der Waals surface area contributed by atoms with Gasteiger partial charge in [0.15, 0.2) is 6.29 Å². The van der Waals surface area contributed by atoms with Crippen molar-refractivity contribution >= 4 is 35.7 Å². The van der Waals surface area contributed by atoms with E-state index in [1.807, 2.05) is 6.07 Å². The molecule has 4 aliphatic rings. The van der Waals surface area contributed by atoms with Gasteiger partial charge in [0.1, 0.15) is 29.1 Å². The van der Waals surface area contributed by atoms with Crippen molar-refractivity contribution < 1.29 is 28.2 Å². The van der Waals surface area contributed by atoms with E-state index in [9.17, 15) is 19.6 Å². The number of nitrogens with zero attached hydrogens (tertiary/aromatic N) is 5. The number of amides is 3. The number of allylic oxidation sites excluding steroid dienone is 2. The average Bonchev–Trinajstić information content (AvgIpc) is 3.11. The van der Waals surface area contributed by atoms with Gasteiger partial charge in [0, 0.05) is 62.1 Å². The summed E-state index contributed by atoms with van der Waals surface area (Å²) in [6, 6.07) is 3.97. The normalized spacial score (nSPS) is 20.7. The highest BCUT2D eigenvalue weighted by Crippen LogP contribution is 2.55. The summed E-state index contributed by atoms with van der Waals surface area (Å²) in [5.41, 5.74) is -0.501.